The molecule has 0 unspecified atom stereocenters. The van der Waals surface area contributed by atoms with Crippen molar-refractivity contribution in [1.82, 2.24) is 19.4 Å². The van der Waals surface area contributed by atoms with Crippen LogP contribution in [-0.2, 0) is 32.2 Å². The van der Waals surface area contributed by atoms with Gasteiger partial charge in [-0.1, -0.05) is 19.9 Å². The van der Waals surface area contributed by atoms with E-state index < -0.39 is 17.7 Å². The Morgan fingerprint density at radius 2 is 1.85 bits per heavy atom. The molecule has 41 heavy (non-hydrogen) atoms. The Kier molecular flexibility index (Phi) is 9.43. The van der Waals surface area contributed by atoms with E-state index in [9.17, 15) is 19.6 Å². The van der Waals surface area contributed by atoms with Crippen molar-refractivity contribution in [1.29, 1.82) is 5.26 Å². The molecule has 0 bridgehead atoms. The standard InChI is InChI=1S/C32H45N5O4/c1-7-34-26(19-24-13-12-23(20-33)18-28(24)34)15-14-25-10-8-16-35(25)30(39)27-11-9-17-36(27)31(40)29(22(2)3)37(21-38)41-32(4,5)6/h12-13,18-19,21-22,25,27,29H,7-11,14-17H2,1-6H3/t25-,27+,29-/m0/s1. The average Bonchev–Trinajstić information content (AvgIpc) is 3.67. The Morgan fingerprint density at radius 3 is 2.49 bits per heavy atom. The van der Waals surface area contributed by atoms with E-state index in [0.29, 0.717) is 31.5 Å². The van der Waals surface area contributed by atoms with Crippen molar-refractivity contribution in [2.75, 3.05) is 13.1 Å². The SMILES string of the molecule is CCn1c(CC[C@@H]2CCCN2C(=O)[C@H]2CCCN2C(=O)[C@H](C(C)C)N(C=O)OC(C)(C)C)cc2ccc(C#N)cc21. The van der Waals surface area contributed by atoms with Gasteiger partial charge < -0.3 is 14.4 Å². The van der Waals surface area contributed by atoms with Crippen molar-refractivity contribution >= 4 is 29.1 Å². The molecule has 1 aromatic heterocycles. The van der Waals surface area contributed by atoms with Crippen molar-refractivity contribution in [3.8, 4) is 6.07 Å². The molecule has 3 heterocycles. The molecule has 3 atom stereocenters. The van der Waals surface area contributed by atoms with Gasteiger partial charge in [-0.15, -0.1) is 0 Å². The molecule has 0 radical (unpaired) electrons. The van der Waals surface area contributed by atoms with Crippen LogP contribution in [0.4, 0.5) is 0 Å². The van der Waals surface area contributed by atoms with Gasteiger partial charge in [0.1, 0.15) is 12.1 Å². The summed E-state index contributed by atoms with van der Waals surface area (Å²) in [6.45, 7) is 13.4. The molecule has 222 valence electrons. The van der Waals surface area contributed by atoms with Crippen molar-refractivity contribution in [2.24, 2.45) is 5.92 Å². The minimum Gasteiger partial charge on any atom is -0.345 e. The summed E-state index contributed by atoms with van der Waals surface area (Å²) in [5.41, 5.74) is 2.29. The molecule has 2 fully saturated rings. The first-order chi connectivity index (χ1) is 19.5. The van der Waals surface area contributed by atoms with Crippen molar-refractivity contribution in [2.45, 2.75) is 110 Å². The largest absolute Gasteiger partial charge is 0.345 e. The Balaban J connectivity index is 1.48. The molecule has 3 amide bonds. The minimum absolute atomic E-state index is 0.0185. The Morgan fingerprint density at radius 1 is 1.15 bits per heavy atom. The number of likely N-dealkylation sites (tertiary alicyclic amines) is 2. The Hall–Kier alpha value is -3.38. The van der Waals surface area contributed by atoms with Crippen LogP contribution in [0.3, 0.4) is 0 Å². The van der Waals surface area contributed by atoms with Crippen LogP contribution in [0.1, 0.15) is 84.9 Å². The zero-order valence-electron chi connectivity index (χ0n) is 25.4. The molecular weight excluding hydrogens is 518 g/mol. The molecular formula is C32H45N5O4. The van der Waals surface area contributed by atoms with Crippen molar-refractivity contribution in [3.63, 3.8) is 0 Å². The summed E-state index contributed by atoms with van der Waals surface area (Å²) in [7, 11) is 0. The number of nitriles is 1. The lowest BCUT2D eigenvalue weighted by molar-refractivity contribution is -0.237. The number of fused-ring (bicyclic) bond motifs is 1. The summed E-state index contributed by atoms with van der Waals surface area (Å²) in [6, 6.07) is 9.04. The number of hydrogen-bond acceptors (Lipinski definition) is 5. The van der Waals surface area contributed by atoms with E-state index in [-0.39, 0.29) is 23.8 Å². The van der Waals surface area contributed by atoms with E-state index in [0.717, 1.165) is 54.6 Å². The number of carbonyl (C=O) groups excluding carboxylic acids is 3. The fourth-order valence-electron chi connectivity index (χ4n) is 6.50. The summed E-state index contributed by atoms with van der Waals surface area (Å²) in [4.78, 5) is 49.3. The molecule has 1 aromatic carbocycles. The van der Waals surface area contributed by atoms with Gasteiger partial charge in [0.05, 0.1) is 17.2 Å². The van der Waals surface area contributed by atoms with Crippen LogP contribution < -0.4 is 0 Å². The maximum Gasteiger partial charge on any atom is 0.248 e. The molecule has 9 heteroatoms. The topological polar surface area (TPSA) is 98.9 Å². The van der Waals surface area contributed by atoms with Gasteiger partial charge >= 0.3 is 0 Å². The zero-order chi connectivity index (χ0) is 29.9. The van der Waals surface area contributed by atoms with Gasteiger partial charge in [0.15, 0.2) is 0 Å². The Labute approximate surface area is 244 Å². The molecule has 0 N–H and O–H groups in total. The van der Waals surface area contributed by atoms with Crippen LogP contribution in [0.2, 0.25) is 0 Å². The molecule has 2 saturated heterocycles. The maximum atomic E-state index is 14.0. The second kappa shape index (κ2) is 12.6. The molecule has 0 aliphatic carbocycles. The predicted octanol–water partition coefficient (Wildman–Crippen LogP) is 4.66. The van der Waals surface area contributed by atoms with Crippen LogP contribution >= 0.6 is 0 Å². The van der Waals surface area contributed by atoms with Crippen LogP contribution in [0.15, 0.2) is 24.3 Å². The number of aryl methyl sites for hydroxylation is 2. The van der Waals surface area contributed by atoms with Crippen LogP contribution in [-0.4, -0.2) is 74.5 Å². The first-order valence-corrected chi connectivity index (χ1v) is 15.0. The van der Waals surface area contributed by atoms with Gasteiger partial charge in [-0.05, 0) is 95.7 Å². The fraction of sp³-hybridized carbons (Fsp3) is 0.625. The highest BCUT2D eigenvalue weighted by Gasteiger charge is 2.44. The number of rotatable bonds is 10. The third kappa shape index (κ3) is 6.59. The predicted molar refractivity (Wildman–Crippen MR) is 157 cm³/mol. The van der Waals surface area contributed by atoms with Gasteiger partial charge in [0.2, 0.25) is 18.2 Å². The lowest BCUT2D eigenvalue weighted by Crippen LogP contribution is -2.56. The number of aromatic nitrogens is 1. The van der Waals surface area contributed by atoms with Gasteiger partial charge in [-0.2, -0.15) is 5.26 Å². The van der Waals surface area contributed by atoms with E-state index in [1.807, 2.05) is 57.7 Å². The van der Waals surface area contributed by atoms with Crippen LogP contribution in [0.5, 0.6) is 0 Å². The first kappa shape index (κ1) is 30.6. The van der Waals surface area contributed by atoms with E-state index in [1.165, 1.54) is 5.69 Å². The molecule has 9 nitrogen and oxygen atoms in total. The highest BCUT2D eigenvalue weighted by molar-refractivity contribution is 5.91. The van der Waals surface area contributed by atoms with E-state index in [2.05, 4.69) is 23.6 Å². The number of benzene rings is 1. The van der Waals surface area contributed by atoms with Gasteiger partial charge in [-0.3, -0.25) is 19.2 Å². The smallest absolute Gasteiger partial charge is 0.248 e. The van der Waals surface area contributed by atoms with Crippen molar-refractivity contribution in [3.05, 3.63) is 35.5 Å². The number of hydroxylamine groups is 2. The van der Waals surface area contributed by atoms with Crippen LogP contribution in [0.25, 0.3) is 10.9 Å². The van der Waals surface area contributed by atoms with Crippen LogP contribution in [0, 0.1) is 17.2 Å². The third-order valence-electron chi connectivity index (χ3n) is 8.29. The molecule has 2 aliphatic rings. The summed E-state index contributed by atoms with van der Waals surface area (Å²) in [5, 5.41) is 11.6. The molecule has 2 aromatic rings. The fourth-order valence-corrected chi connectivity index (χ4v) is 6.50. The van der Waals surface area contributed by atoms with E-state index >= 15 is 0 Å². The first-order valence-electron chi connectivity index (χ1n) is 15.0. The quantitative estimate of drug-likeness (QED) is 0.309. The maximum absolute atomic E-state index is 14.0. The van der Waals surface area contributed by atoms with Gasteiger partial charge in [-0.25, -0.2) is 5.06 Å². The normalized spacial score (nSPS) is 20.0. The summed E-state index contributed by atoms with van der Waals surface area (Å²) in [5.74, 6) is -0.391. The zero-order valence-corrected chi connectivity index (χ0v) is 25.4. The molecule has 0 spiro atoms. The monoisotopic (exact) mass is 563 g/mol. The van der Waals surface area contributed by atoms with E-state index in [1.54, 1.807) is 4.90 Å². The van der Waals surface area contributed by atoms with Gasteiger partial charge in [0.25, 0.3) is 0 Å². The number of amides is 3. The number of carbonyl (C=O) groups is 3. The Bertz CT molecular complexity index is 1300. The summed E-state index contributed by atoms with van der Waals surface area (Å²) < 4.78 is 2.26. The van der Waals surface area contributed by atoms with E-state index in [4.69, 9.17) is 4.84 Å². The molecule has 4 rings (SSSR count). The highest BCUT2D eigenvalue weighted by atomic mass is 16.7. The van der Waals surface area contributed by atoms with Gasteiger partial charge in [0, 0.05) is 36.9 Å². The molecule has 2 aliphatic heterocycles. The minimum atomic E-state index is -0.799. The van der Waals surface area contributed by atoms with Crippen molar-refractivity contribution < 1.29 is 19.2 Å². The lowest BCUT2D eigenvalue weighted by Gasteiger charge is -2.38. The second-order valence-electron chi connectivity index (χ2n) is 12.7. The molecule has 0 saturated carbocycles. The second-order valence-corrected chi connectivity index (χ2v) is 12.7. The lowest BCUT2D eigenvalue weighted by atomic mass is 10.0. The average molecular weight is 564 g/mol. The summed E-state index contributed by atoms with van der Waals surface area (Å²) in [6.07, 6.45) is 5.55. The highest BCUT2D eigenvalue weighted by Crippen LogP contribution is 2.30. The third-order valence-corrected chi connectivity index (χ3v) is 8.29. The number of nitrogens with zero attached hydrogens (tertiary/aromatic N) is 5. The number of hydrogen-bond donors (Lipinski definition) is 0. The summed E-state index contributed by atoms with van der Waals surface area (Å²) >= 11 is 0.